The quantitative estimate of drug-likeness (QED) is 0.188. The third-order valence-electron chi connectivity index (χ3n) is 7.41. The summed E-state index contributed by atoms with van der Waals surface area (Å²) in [6.45, 7) is 4.37. The van der Waals surface area contributed by atoms with Crippen molar-refractivity contribution in [2.75, 3.05) is 17.3 Å². The summed E-state index contributed by atoms with van der Waals surface area (Å²) in [5, 5.41) is 12.8. The molecule has 0 spiro atoms. The highest BCUT2D eigenvalue weighted by Gasteiger charge is 2.18. The Morgan fingerprint density at radius 3 is 2.26 bits per heavy atom. The molecule has 0 aliphatic heterocycles. The molecule has 5 rings (SSSR count). The van der Waals surface area contributed by atoms with Crippen LogP contribution < -0.4 is 15.0 Å². The van der Waals surface area contributed by atoms with Crippen molar-refractivity contribution in [3.63, 3.8) is 0 Å². The van der Waals surface area contributed by atoms with Gasteiger partial charge in [-0.25, -0.2) is 0 Å². The predicted octanol–water partition coefficient (Wildman–Crippen LogP) is 8.04. The molecule has 0 aromatic heterocycles. The number of para-hydroxylation sites is 2. The first-order valence-corrected chi connectivity index (χ1v) is 14.2. The van der Waals surface area contributed by atoms with E-state index < -0.39 is 0 Å². The van der Waals surface area contributed by atoms with E-state index in [1.54, 1.807) is 48.3 Å². The van der Waals surface area contributed by atoms with E-state index in [0.29, 0.717) is 34.9 Å². The molecular weight excluding hydrogens is 536 g/mol. The highest BCUT2D eigenvalue weighted by atomic mass is 16.5. The van der Waals surface area contributed by atoms with Gasteiger partial charge in [0.1, 0.15) is 18.1 Å². The second kappa shape index (κ2) is 13.1. The van der Waals surface area contributed by atoms with Gasteiger partial charge in [0, 0.05) is 23.9 Å². The van der Waals surface area contributed by atoms with Crippen LogP contribution in [0.5, 0.6) is 11.5 Å². The highest BCUT2D eigenvalue weighted by Crippen LogP contribution is 2.30. The van der Waals surface area contributed by atoms with Gasteiger partial charge in [-0.1, -0.05) is 73.2 Å². The lowest BCUT2D eigenvalue weighted by atomic mass is 9.98. The largest absolute Gasteiger partial charge is 0.508 e. The molecule has 2 N–H and O–H groups in total. The Morgan fingerprint density at radius 1 is 0.814 bits per heavy atom. The van der Waals surface area contributed by atoms with Gasteiger partial charge in [-0.15, -0.1) is 0 Å². The van der Waals surface area contributed by atoms with Crippen molar-refractivity contribution >= 4 is 23.2 Å². The average Bonchev–Trinajstić information content (AvgIpc) is 3.04. The molecule has 43 heavy (non-hydrogen) atoms. The first-order valence-electron chi connectivity index (χ1n) is 14.2. The van der Waals surface area contributed by atoms with Crippen LogP contribution in [0.3, 0.4) is 0 Å². The Labute approximate surface area is 252 Å². The van der Waals surface area contributed by atoms with Gasteiger partial charge < -0.3 is 20.1 Å². The van der Waals surface area contributed by atoms with Crippen LogP contribution in [0.15, 0.2) is 115 Å². The van der Waals surface area contributed by atoms with Crippen LogP contribution in [-0.2, 0) is 13.0 Å². The second-order valence-electron chi connectivity index (χ2n) is 10.4. The maximum Gasteiger partial charge on any atom is 0.258 e. The van der Waals surface area contributed by atoms with Crippen LogP contribution in [-0.4, -0.2) is 24.0 Å². The number of amides is 2. The van der Waals surface area contributed by atoms with E-state index >= 15 is 0 Å². The van der Waals surface area contributed by atoms with Crippen molar-refractivity contribution in [3.8, 4) is 22.6 Å². The van der Waals surface area contributed by atoms with Gasteiger partial charge in [-0.3, -0.25) is 9.59 Å². The van der Waals surface area contributed by atoms with Gasteiger partial charge in [-0.05, 0) is 90.2 Å². The number of aryl methyl sites for hydroxylation is 2. The molecule has 0 aliphatic carbocycles. The number of phenolic OH excluding ortho intramolecular Hbond substituents is 1. The van der Waals surface area contributed by atoms with E-state index in [-0.39, 0.29) is 17.6 Å². The molecule has 216 valence electrons. The summed E-state index contributed by atoms with van der Waals surface area (Å²) in [5.74, 6) is 0.365. The maximum absolute atomic E-state index is 13.4. The van der Waals surface area contributed by atoms with Crippen LogP contribution in [0.4, 0.5) is 11.4 Å². The molecule has 0 heterocycles. The SMILES string of the molecule is CCc1cc(O)ccc1COc1ccccc1N(C)C(=O)c1ccc(NC(=O)c2ccccc2-c2ccc(C)cc2)cc1. The van der Waals surface area contributed by atoms with E-state index in [2.05, 4.69) is 5.32 Å². The molecule has 0 radical (unpaired) electrons. The van der Waals surface area contributed by atoms with Crippen molar-refractivity contribution < 1.29 is 19.4 Å². The standard InChI is InChI=1S/C37H34N2O4/c1-4-26-23-31(40)22-19-29(26)24-43-35-12-8-7-11-34(35)39(3)37(42)28-17-20-30(21-18-28)38-36(41)33-10-6-5-9-32(33)27-15-13-25(2)14-16-27/h5-23,40H,4,24H2,1-3H3,(H,38,41). The molecule has 0 saturated carbocycles. The van der Waals surface area contributed by atoms with Crippen molar-refractivity contribution in [1.82, 2.24) is 0 Å². The normalized spacial score (nSPS) is 10.7. The number of carbonyl (C=O) groups is 2. The Balaban J connectivity index is 1.28. The number of phenols is 1. The Bertz CT molecular complexity index is 1740. The predicted molar refractivity (Wildman–Crippen MR) is 172 cm³/mol. The Kier molecular flexibility index (Phi) is 8.87. The van der Waals surface area contributed by atoms with Crippen LogP contribution >= 0.6 is 0 Å². The molecule has 0 aliphatic rings. The number of ether oxygens (including phenoxy) is 1. The second-order valence-corrected chi connectivity index (χ2v) is 10.4. The van der Waals surface area contributed by atoms with Crippen LogP contribution in [0.1, 0.15) is 44.3 Å². The number of hydrogen-bond donors (Lipinski definition) is 2. The molecule has 5 aromatic rings. The van der Waals surface area contributed by atoms with E-state index in [1.807, 2.05) is 92.7 Å². The van der Waals surface area contributed by atoms with Gasteiger partial charge in [0.2, 0.25) is 0 Å². The molecule has 5 aromatic carbocycles. The summed E-state index contributed by atoms with van der Waals surface area (Å²) in [4.78, 5) is 28.2. The zero-order valence-corrected chi connectivity index (χ0v) is 24.5. The monoisotopic (exact) mass is 570 g/mol. The van der Waals surface area contributed by atoms with Gasteiger partial charge in [0.15, 0.2) is 0 Å². The lowest BCUT2D eigenvalue weighted by Gasteiger charge is -2.21. The summed E-state index contributed by atoms with van der Waals surface area (Å²) in [5.41, 5.74) is 7.23. The average molecular weight is 571 g/mol. The minimum Gasteiger partial charge on any atom is -0.508 e. The van der Waals surface area contributed by atoms with E-state index in [0.717, 1.165) is 34.2 Å². The van der Waals surface area contributed by atoms with Crippen molar-refractivity contribution in [2.24, 2.45) is 0 Å². The van der Waals surface area contributed by atoms with E-state index in [4.69, 9.17) is 4.74 Å². The topological polar surface area (TPSA) is 78.9 Å². The summed E-state index contributed by atoms with van der Waals surface area (Å²) in [6.07, 6.45) is 0.767. The molecule has 0 saturated heterocycles. The lowest BCUT2D eigenvalue weighted by molar-refractivity contribution is 0.0990. The molecule has 6 nitrogen and oxygen atoms in total. The molecule has 2 amide bonds. The smallest absolute Gasteiger partial charge is 0.258 e. The third-order valence-corrected chi connectivity index (χ3v) is 7.41. The minimum atomic E-state index is -0.224. The zero-order valence-electron chi connectivity index (χ0n) is 24.5. The van der Waals surface area contributed by atoms with E-state index in [9.17, 15) is 14.7 Å². The number of benzene rings is 5. The fourth-order valence-electron chi connectivity index (χ4n) is 4.96. The molecule has 0 atom stereocenters. The molecule has 6 heteroatoms. The van der Waals surface area contributed by atoms with Gasteiger partial charge in [0.25, 0.3) is 11.8 Å². The fourth-order valence-corrected chi connectivity index (χ4v) is 4.96. The van der Waals surface area contributed by atoms with Gasteiger partial charge >= 0.3 is 0 Å². The summed E-state index contributed by atoms with van der Waals surface area (Å²) >= 11 is 0. The van der Waals surface area contributed by atoms with Gasteiger partial charge in [-0.2, -0.15) is 0 Å². The first kappa shape index (κ1) is 29.1. The molecular formula is C37H34N2O4. The third kappa shape index (κ3) is 6.76. The van der Waals surface area contributed by atoms with Gasteiger partial charge in [0.05, 0.1) is 5.69 Å². The fraction of sp³-hybridized carbons (Fsp3) is 0.135. The number of aromatic hydroxyl groups is 1. The summed E-state index contributed by atoms with van der Waals surface area (Å²) < 4.78 is 6.14. The lowest BCUT2D eigenvalue weighted by Crippen LogP contribution is -2.26. The number of carbonyl (C=O) groups excluding carboxylic acids is 2. The van der Waals surface area contributed by atoms with E-state index in [1.165, 1.54) is 0 Å². The number of nitrogens with zero attached hydrogens (tertiary/aromatic N) is 1. The van der Waals surface area contributed by atoms with Crippen molar-refractivity contribution in [1.29, 1.82) is 0 Å². The molecule has 0 unspecified atom stereocenters. The molecule has 0 fully saturated rings. The zero-order chi connectivity index (χ0) is 30.3. The summed E-state index contributed by atoms with van der Waals surface area (Å²) in [7, 11) is 1.71. The maximum atomic E-state index is 13.4. The van der Waals surface area contributed by atoms with Crippen LogP contribution in [0.2, 0.25) is 0 Å². The van der Waals surface area contributed by atoms with Crippen LogP contribution in [0.25, 0.3) is 11.1 Å². The number of rotatable bonds is 9. The highest BCUT2D eigenvalue weighted by molar-refractivity contribution is 6.09. The van der Waals surface area contributed by atoms with Crippen molar-refractivity contribution in [3.05, 3.63) is 143 Å². The number of nitrogens with one attached hydrogen (secondary N) is 1. The number of anilines is 2. The number of hydrogen-bond acceptors (Lipinski definition) is 4. The van der Waals surface area contributed by atoms with Crippen LogP contribution in [0, 0.1) is 6.92 Å². The van der Waals surface area contributed by atoms with Crippen molar-refractivity contribution in [2.45, 2.75) is 26.9 Å². The molecule has 0 bridgehead atoms. The summed E-state index contributed by atoms with van der Waals surface area (Å²) in [6, 6.07) is 35.1. The minimum absolute atomic E-state index is 0.211. The Hall–Kier alpha value is -5.36. The first-order chi connectivity index (χ1) is 20.8. The Morgan fingerprint density at radius 2 is 1.51 bits per heavy atom.